The summed E-state index contributed by atoms with van der Waals surface area (Å²) in [5.74, 6) is 0.899. The number of carbonyl (C=O) groups is 1. The highest BCUT2D eigenvalue weighted by atomic mass is 32.2. The number of hydrogen-bond acceptors (Lipinski definition) is 4. The largest absolute Gasteiger partial charge is 0.497 e. The summed E-state index contributed by atoms with van der Waals surface area (Å²) in [6.07, 6.45) is 4.56. The number of imidazole rings is 1. The number of methoxy groups -OCH3 is 1. The monoisotopic (exact) mass is 393 g/mol. The van der Waals surface area contributed by atoms with E-state index in [2.05, 4.69) is 18.0 Å². The van der Waals surface area contributed by atoms with Gasteiger partial charge < -0.3 is 9.64 Å². The average Bonchev–Trinajstić information content (AvgIpc) is 3.30. The van der Waals surface area contributed by atoms with Crippen LogP contribution in [0.2, 0.25) is 0 Å². The van der Waals surface area contributed by atoms with E-state index in [0.717, 1.165) is 28.7 Å². The van der Waals surface area contributed by atoms with Crippen LogP contribution in [0.5, 0.6) is 5.75 Å². The second-order valence-electron chi connectivity index (χ2n) is 6.93. The second kappa shape index (κ2) is 7.72. The number of nitrogens with zero attached hydrogens (tertiary/aromatic N) is 3. The van der Waals surface area contributed by atoms with Crippen molar-refractivity contribution in [1.29, 1.82) is 0 Å². The number of para-hydroxylation sites is 1. The first kappa shape index (κ1) is 18.6. The number of hydrogen-bond donors (Lipinski definition) is 0. The Morgan fingerprint density at radius 1 is 1.25 bits per heavy atom. The lowest BCUT2D eigenvalue weighted by Crippen LogP contribution is -2.40. The van der Waals surface area contributed by atoms with Crippen molar-refractivity contribution in [3.8, 4) is 11.4 Å². The Labute approximate surface area is 169 Å². The summed E-state index contributed by atoms with van der Waals surface area (Å²) >= 11 is 1.48. The van der Waals surface area contributed by atoms with E-state index < -0.39 is 0 Å². The number of rotatable bonds is 5. The molecule has 0 N–H and O–H groups in total. The highest BCUT2D eigenvalue weighted by Crippen LogP contribution is 2.35. The molecule has 0 bridgehead atoms. The first-order valence-corrected chi connectivity index (χ1v) is 10.2. The molecule has 5 nitrogen and oxygen atoms in total. The molecule has 2 heterocycles. The molecule has 1 amide bonds. The molecule has 2 aromatic carbocycles. The maximum absolute atomic E-state index is 13.2. The summed E-state index contributed by atoms with van der Waals surface area (Å²) in [6, 6.07) is 16.1. The van der Waals surface area contributed by atoms with Crippen molar-refractivity contribution in [3.05, 3.63) is 66.5 Å². The van der Waals surface area contributed by atoms with Crippen molar-refractivity contribution in [2.24, 2.45) is 0 Å². The minimum Gasteiger partial charge on any atom is -0.497 e. The third-order valence-corrected chi connectivity index (χ3v) is 6.08. The average molecular weight is 394 g/mol. The fourth-order valence-corrected chi connectivity index (χ4v) is 4.57. The fraction of sp³-hybridized carbons (Fsp3) is 0.273. The van der Waals surface area contributed by atoms with Crippen molar-refractivity contribution in [1.82, 2.24) is 9.55 Å². The lowest BCUT2D eigenvalue weighted by Gasteiger charge is -2.25. The van der Waals surface area contributed by atoms with E-state index >= 15 is 0 Å². The molecule has 0 aliphatic carbocycles. The molecule has 1 aromatic heterocycles. The molecule has 1 aliphatic rings. The molecule has 0 saturated heterocycles. The zero-order valence-corrected chi connectivity index (χ0v) is 17.0. The van der Waals surface area contributed by atoms with E-state index in [1.807, 2.05) is 65.1 Å². The summed E-state index contributed by atoms with van der Waals surface area (Å²) in [6.45, 7) is 4.05. The number of thioether (sulfide) groups is 1. The van der Waals surface area contributed by atoms with Gasteiger partial charge in [-0.25, -0.2) is 4.98 Å². The van der Waals surface area contributed by atoms with Gasteiger partial charge in [-0.1, -0.05) is 36.0 Å². The maximum atomic E-state index is 13.2. The van der Waals surface area contributed by atoms with Crippen molar-refractivity contribution in [2.45, 2.75) is 36.7 Å². The summed E-state index contributed by atoms with van der Waals surface area (Å²) in [5, 5.41) is 0.537. The zero-order valence-electron chi connectivity index (χ0n) is 16.2. The minimum absolute atomic E-state index is 0.114. The molecule has 0 fully saturated rings. The molecule has 0 spiro atoms. The van der Waals surface area contributed by atoms with Gasteiger partial charge in [-0.3, -0.25) is 9.36 Å². The van der Waals surface area contributed by atoms with Crippen LogP contribution in [0.15, 0.2) is 66.1 Å². The normalized spacial score (nSPS) is 16.7. The Morgan fingerprint density at radius 2 is 2.07 bits per heavy atom. The Morgan fingerprint density at radius 3 is 2.89 bits per heavy atom. The van der Waals surface area contributed by atoms with Crippen molar-refractivity contribution >= 4 is 23.4 Å². The van der Waals surface area contributed by atoms with Crippen LogP contribution in [0.3, 0.4) is 0 Å². The second-order valence-corrected chi connectivity index (χ2v) is 8.24. The highest BCUT2D eigenvalue weighted by molar-refractivity contribution is 8.00. The predicted octanol–water partition coefficient (Wildman–Crippen LogP) is 4.34. The van der Waals surface area contributed by atoms with Gasteiger partial charge in [0, 0.05) is 30.2 Å². The van der Waals surface area contributed by atoms with Gasteiger partial charge in [-0.2, -0.15) is 0 Å². The van der Waals surface area contributed by atoms with Gasteiger partial charge in [0.05, 0.1) is 18.0 Å². The van der Waals surface area contributed by atoms with Crippen molar-refractivity contribution < 1.29 is 9.53 Å². The lowest BCUT2D eigenvalue weighted by atomic mass is 10.1. The van der Waals surface area contributed by atoms with Crippen LogP contribution in [0.1, 0.15) is 19.4 Å². The van der Waals surface area contributed by atoms with Gasteiger partial charge in [0.2, 0.25) is 5.91 Å². The smallest absolute Gasteiger partial charge is 0.240 e. The van der Waals surface area contributed by atoms with Crippen molar-refractivity contribution in [2.75, 3.05) is 12.0 Å². The van der Waals surface area contributed by atoms with E-state index in [-0.39, 0.29) is 17.2 Å². The number of amides is 1. The first-order chi connectivity index (χ1) is 13.6. The van der Waals surface area contributed by atoms with Crippen LogP contribution in [0.4, 0.5) is 5.69 Å². The molecule has 2 atom stereocenters. The Hall–Kier alpha value is -2.73. The molecule has 4 rings (SSSR count). The quantitative estimate of drug-likeness (QED) is 0.605. The molecule has 144 valence electrons. The van der Waals surface area contributed by atoms with Crippen LogP contribution < -0.4 is 9.64 Å². The standard InChI is InChI=1S/C22H23N3O2S/c1-15-13-17-7-4-5-10-20(17)25(15)21(26)16(2)28-22-23-11-12-24(22)18-8-6-9-19(14-18)27-3/h4-12,14-16H,13H2,1-3H3/t15-,16+/m1/s1. The van der Waals surface area contributed by atoms with Crippen LogP contribution in [-0.2, 0) is 11.2 Å². The third kappa shape index (κ3) is 3.40. The number of anilines is 1. The molecule has 3 aromatic rings. The van der Waals surface area contributed by atoms with Crippen LogP contribution in [0, 0.1) is 0 Å². The van der Waals surface area contributed by atoms with E-state index in [9.17, 15) is 4.79 Å². The van der Waals surface area contributed by atoms with Gasteiger partial charge in [0.15, 0.2) is 5.16 Å². The minimum atomic E-state index is -0.250. The number of benzene rings is 2. The van der Waals surface area contributed by atoms with Gasteiger partial charge in [0.25, 0.3) is 0 Å². The molecular weight excluding hydrogens is 370 g/mol. The molecule has 6 heteroatoms. The highest BCUT2D eigenvalue weighted by Gasteiger charge is 2.33. The number of carbonyl (C=O) groups excluding carboxylic acids is 1. The van der Waals surface area contributed by atoms with E-state index in [1.54, 1.807) is 13.3 Å². The third-order valence-electron chi connectivity index (χ3n) is 5.01. The predicted molar refractivity (Wildman–Crippen MR) is 113 cm³/mol. The Kier molecular flexibility index (Phi) is 5.13. The Balaban J connectivity index is 1.56. The van der Waals surface area contributed by atoms with Gasteiger partial charge in [0.1, 0.15) is 5.75 Å². The molecule has 0 unspecified atom stereocenters. The van der Waals surface area contributed by atoms with Gasteiger partial charge >= 0.3 is 0 Å². The maximum Gasteiger partial charge on any atom is 0.240 e. The summed E-state index contributed by atoms with van der Waals surface area (Å²) in [7, 11) is 1.65. The van der Waals surface area contributed by atoms with E-state index in [1.165, 1.54) is 17.3 Å². The number of aromatic nitrogens is 2. The zero-order chi connectivity index (χ0) is 19.7. The van der Waals surface area contributed by atoms with Crippen LogP contribution in [-0.4, -0.2) is 33.9 Å². The van der Waals surface area contributed by atoms with E-state index in [4.69, 9.17) is 4.74 Å². The lowest BCUT2D eigenvalue weighted by molar-refractivity contribution is -0.118. The molecule has 28 heavy (non-hydrogen) atoms. The van der Waals surface area contributed by atoms with E-state index in [0.29, 0.717) is 0 Å². The fourth-order valence-electron chi connectivity index (χ4n) is 3.64. The molecule has 0 saturated carbocycles. The van der Waals surface area contributed by atoms with Crippen LogP contribution >= 0.6 is 11.8 Å². The number of ether oxygens (including phenoxy) is 1. The van der Waals surface area contributed by atoms with Crippen molar-refractivity contribution in [3.63, 3.8) is 0 Å². The SMILES string of the molecule is COc1cccc(-n2ccnc2S[C@@H](C)C(=O)N2c3ccccc3C[C@H]2C)c1. The number of fused-ring (bicyclic) bond motifs is 1. The molecule has 0 radical (unpaired) electrons. The van der Waals surface area contributed by atoms with Gasteiger partial charge in [-0.05, 0) is 44.0 Å². The van der Waals surface area contributed by atoms with Crippen LogP contribution in [0.25, 0.3) is 5.69 Å². The summed E-state index contributed by atoms with van der Waals surface area (Å²) in [5.41, 5.74) is 3.22. The van der Waals surface area contributed by atoms with Gasteiger partial charge in [-0.15, -0.1) is 0 Å². The molecule has 1 aliphatic heterocycles. The Bertz CT molecular complexity index is 1000. The first-order valence-electron chi connectivity index (χ1n) is 9.34. The molecular formula is C22H23N3O2S. The summed E-state index contributed by atoms with van der Waals surface area (Å²) in [4.78, 5) is 19.7. The topological polar surface area (TPSA) is 47.4 Å². The summed E-state index contributed by atoms with van der Waals surface area (Å²) < 4.78 is 7.31.